The van der Waals surface area contributed by atoms with Gasteiger partial charge in [-0.05, 0) is 62.6 Å². The van der Waals surface area contributed by atoms with E-state index in [1.165, 1.54) is 6.42 Å². The molecule has 0 aromatic heterocycles. The molecular weight excluding hydrogens is 400 g/mol. The molecular formula is C24H29ClN2O3. The minimum atomic E-state index is -0.273. The molecule has 1 saturated carbocycles. The van der Waals surface area contributed by atoms with Crippen LogP contribution in [0.1, 0.15) is 73.1 Å². The summed E-state index contributed by atoms with van der Waals surface area (Å²) in [4.78, 5) is 25.4. The molecule has 1 unspecified atom stereocenters. The van der Waals surface area contributed by atoms with Crippen molar-refractivity contribution in [3.8, 4) is 5.75 Å². The Balaban J connectivity index is 1.69. The Morgan fingerprint density at radius 2 is 1.87 bits per heavy atom. The van der Waals surface area contributed by atoms with Crippen molar-refractivity contribution in [1.29, 1.82) is 0 Å². The predicted molar refractivity (Wildman–Crippen MR) is 121 cm³/mol. The smallest absolute Gasteiger partial charge is 0.255 e. The predicted octanol–water partition coefficient (Wildman–Crippen LogP) is 5.83. The van der Waals surface area contributed by atoms with Gasteiger partial charge < -0.3 is 15.4 Å². The van der Waals surface area contributed by atoms with E-state index in [2.05, 4.69) is 10.6 Å². The van der Waals surface area contributed by atoms with Crippen LogP contribution in [0.4, 0.5) is 5.69 Å². The van der Waals surface area contributed by atoms with Crippen molar-refractivity contribution in [1.82, 2.24) is 5.32 Å². The lowest BCUT2D eigenvalue weighted by molar-refractivity contribution is 0.0926. The highest BCUT2D eigenvalue weighted by Gasteiger charge is 2.19. The summed E-state index contributed by atoms with van der Waals surface area (Å²) < 4.78 is 5.79. The maximum Gasteiger partial charge on any atom is 0.255 e. The Morgan fingerprint density at radius 3 is 2.60 bits per heavy atom. The molecule has 0 bridgehead atoms. The summed E-state index contributed by atoms with van der Waals surface area (Å²) in [7, 11) is 0. The number of ether oxygens (including phenoxy) is 1. The second kappa shape index (κ2) is 10.5. The zero-order valence-corrected chi connectivity index (χ0v) is 18.3. The van der Waals surface area contributed by atoms with Crippen molar-refractivity contribution in [3.05, 3.63) is 58.6 Å². The van der Waals surface area contributed by atoms with E-state index in [0.717, 1.165) is 32.1 Å². The molecule has 0 heterocycles. The Hall–Kier alpha value is -2.53. The molecule has 0 spiro atoms. The number of halogens is 1. The van der Waals surface area contributed by atoms with Gasteiger partial charge >= 0.3 is 0 Å². The standard InChI is InChI=1S/C24H29ClN2O3/c1-3-16(2)30-20-11-7-8-17(14-20)23(28)27-19-12-13-22(25)21(15-19)24(29)26-18-9-5-4-6-10-18/h7-8,11-16,18H,3-6,9-10H2,1-2H3,(H,26,29)(H,27,28). The van der Waals surface area contributed by atoms with E-state index in [9.17, 15) is 9.59 Å². The number of nitrogens with one attached hydrogen (secondary N) is 2. The third-order valence-corrected chi connectivity index (χ3v) is 5.75. The highest BCUT2D eigenvalue weighted by molar-refractivity contribution is 6.34. The lowest BCUT2D eigenvalue weighted by atomic mass is 9.95. The van der Waals surface area contributed by atoms with Gasteiger partial charge in [-0.2, -0.15) is 0 Å². The quantitative estimate of drug-likeness (QED) is 0.582. The molecule has 3 rings (SSSR count). The van der Waals surface area contributed by atoms with E-state index in [0.29, 0.717) is 27.6 Å². The first-order valence-corrected chi connectivity index (χ1v) is 11.0. The fourth-order valence-electron chi connectivity index (χ4n) is 3.52. The third-order valence-electron chi connectivity index (χ3n) is 5.42. The second-order valence-corrected chi connectivity index (χ2v) is 8.23. The van der Waals surface area contributed by atoms with Gasteiger partial charge in [0.1, 0.15) is 5.75 Å². The van der Waals surface area contributed by atoms with Crippen LogP contribution in [0.25, 0.3) is 0 Å². The number of hydrogen-bond donors (Lipinski definition) is 2. The van der Waals surface area contributed by atoms with Crippen LogP contribution in [0, 0.1) is 0 Å². The fraction of sp³-hybridized carbons (Fsp3) is 0.417. The number of carbonyl (C=O) groups excluding carboxylic acids is 2. The molecule has 2 amide bonds. The zero-order valence-electron chi connectivity index (χ0n) is 17.5. The van der Waals surface area contributed by atoms with E-state index < -0.39 is 0 Å². The summed E-state index contributed by atoms with van der Waals surface area (Å²) in [6.07, 6.45) is 6.43. The highest BCUT2D eigenvalue weighted by Crippen LogP contribution is 2.24. The average Bonchev–Trinajstić information content (AvgIpc) is 2.75. The number of carbonyl (C=O) groups is 2. The molecule has 2 aromatic rings. The Bertz CT molecular complexity index is 894. The highest BCUT2D eigenvalue weighted by atomic mass is 35.5. The van der Waals surface area contributed by atoms with Crippen LogP contribution in [0.3, 0.4) is 0 Å². The molecule has 160 valence electrons. The van der Waals surface area contributed by atoms with Crippen LogP contribution in [0.5, 0.6) is 5.75 Å². The molecule has 0 aliphatic heterocycles. The SMILES string of the molecule is CCC(C)Oc1cccc(C(=O)Nc2ccc(Cl)c(C(=O)NC3CCCCC3)c2)c1. The van der Waals surface area contributed by atoms with Crippen molar-refractivity contribution >= 4 is 29.1 Å². The number of amides is 2. The van der Waals surface area contributed by atoms with E-state index in [1.807, 2.05) is 19.9 Å². The minimum absolute atomic E-state index is 0.0739. The Kier molecular flexibility index (Phi) is 7.75. The summed E-state index contributed by atoms with van der Waals surface area (Å²) in [5, 5.41) is 6.28. The number of anilines is 1. The minimum Gasteiger partial charge on any atom is -0.491 e. The second-order valence-electron chi connectivity index (χ2n) is 7.82. The van der Waals surface area contributed by atoms with Gasteiger partial charge in [-0.15, -0.1) is 0 Å². The van der Waals surface area contributed by atoms with Crippen LogP contribution in [-0.2, 0) is 0 Å². The van der Waals surface area contributed by atoms with Crippen molar-refractivity contribution in [2.24, 2.45) is 0 Å². The maximum atomic E-state index is 12.7. The summed E-state index contributed by atoms with van der Waals surface area (Å²) in [6, 6.07) is 12.2. The van der Waals surface area contributed by atoms with E-state index >= 15 is 0 Å². The van der Waals surface area contributed by atoms with Gasteiger partial charge in [0.05, 0.1) is 16.7 Å². The van der Waals surface area contributed by atoms with Crippen LogP contribution < -0.4 is 15.4 Å². The summed E-state index contributed by atoms with van der Waals surface area (Å²) in [6.45, 7) is 4.03. The average molecular weight is 429 g/mol. The lowest BCUT2D eigenvalue weighted by Crippen LogP contribution is -2.36. The molecule has 1 atom stereocenters. The number of benzene rings is 2. The van der Waals surface area contributed by atoms with Gasteiger partial charge in [0, 0.05) is 17.3 Å². The zero-order chi connectivity index (χ0) is 21.5. The molecule has 1 aliphatic rings. The maximum absolute atomic E-state index is 12.7. The summed E-state index contributed by atoms with van der Waals surface area (Å²) in [5.41, 5.74) is 1.37. The first kappa shape index (κ1) is 22.2. The van der Waals surface area contributed by atoms with Gasteiger partial charge in [-0.25, -0.2) is 0 Å². The Labute approximate surface area is 183 Å². The van der Waals surface area contributed by atoms with Gasteiger partial charge in [0.2, 0.25) is 0 Å². The lowest BCUT2D eigenvalue weighted by Gasteiger charge is -2.23. The molecule has 2 aromatic carbocycles. The molecule has 30 heavy (non-hydrogen) atoms. The molecule has 2 N–H and O–H groups in total. The molecule has 6 heteroatoms. The molecule has 1 fully saturated rings. The largest absolute Gasteiger partial charge is 0.491 e. The van der Waals surface area contributed by atoms with Crippen molar-refractivity contribution in [2.75, 3.05) is 5.32 Å². The first-order valence-electron chi connectivity index (χ1n) is 10.6. The van der Waals surface area contributed by atoms with Crippen LogP contribution in [-0.4, -0.2) is 24.0 Å². The van der Waals surface area contributed by atoms with E-state index in [1.54, 1.807) is 36.4 Å². The van der Waals surface area contributed by atoms with Crippen molar-refractivity contribution in [2.45, 2.75) is 64.5 Å². The monoisotopic (exact) mass is 428 g/mol. The van der Waals surface area contributed by atoms with E-state index in [4.69, 9.17) is 16.3 Å². The third kappa shape index (κ3) is 5.99. The van der Waals surface area contributed by atoms with Crippen molar-refractivity contribution in [3.63, 3.8) is 0 Å². The molecule has 0 saturated heterocycles. The summed E-state index contributed by atoms with van der Waals surface area (Å²) in [5.74, 6) is 0.179. The summed E-state index contributed by atoms with van der Waals surface area (Å²) >= 11 is 6.26. The van der Waals surface area contributed by atoms with Gasteiger partial charge in [0.25, 0.3) is 11.8 Å². The van der Waals surface area contributed by atoms with Crippen molar-refractivity contribution < 1.29 is 14.3 Å². The normalized spacial score (nSPS) is 15.3. The molecule has 1 aliphatic carbocycles. The molecule has 0 radical (unpaired) electrons. The fourth-order valence-corrected chi connectivity index (χ4v) is 3.72. The van der Waals surface area contributed by atoms with Crippen LogP contribution >= 0.6 is 11.6 Å². The first-order chi connectivity index (χ1) is 14.5. The number of rotatable bonds is 7. The van der Waals surface area contributed by atoms with Gasteiger partial charge in [-0.1, -0.05) is 43.9 Å². The Morgan fingerprint density at radius 1 is 1.10 bits per heavy atom. The molecule has 5 nitrogen and oxygen atoms in total. The van der Waals surface area contributed by atoms with Gasteiger partial charge in [-0.3, -0.25) is 9.59 Å². The van der Waals surface area contributed by atoms with Crippen LogP contribution in [0.15, 0.2) is 42.5 Å². The van der Waals surface area contributed by atoms with Crippen LogP contribution in [0.2, 0.25) is 5.02 Å². The van der Waals surface area contributed by atoms with E-state index in [-0.39, 0.29) is 24.0 Å². The van der Waals surface area contributed by atoms with Gasteiger partial charge in [0.15, 0.2) is 0 Å². The number of hydrogen-bond acceptors (Lipinski definition) is 3. The topological polar surface area (TPSA) is 67.4 Å².